The maximum absolute atomic E-state index is 12.5. The lowest BCUT2D eigenvalue weighted by atomic mass is 10.2. The zero-order chi connectivity index (χ0) is 18.6. The lowest BCUT2D eigenvalue weighted by molar-refractivity contribution is -0.895. The van der Waals surface area contributed by atoms with Gasteiger partial charge < -0.3 is 10.2 Å². The van der Waals surface area contributed by atoms with Gasteiger partial charge in [-0.1, -0.05) is 30.3 Å². The highest BCUT2D eigenvalue weighted by Gasteiger charge is 2.31. The van der Waals surface area contributed by atoms with Crippen molar-refractivity contribution in [2.45, 2.75) is 25.8 Å². The van der Waals surface area contributed by atoms with Gasteiger partial charge in [0.15, 0.2) is 6.54 Å². The molecule has 1 amide bonds. The van der Waals surface area contributed by atoms with Gasteiger partial charge in [-0.05, 0) is 37.3 Å². The Kier molecular flexibility index (Phi) is 6.11. The summed E-state index contributed by atoms with van der Waals surface area (Å²) in [6, 6.07) is 9.65. The molecule has 26 heavy (non-hydrogen) atoms. The first-order valence-corrected chi connectivity index (χ1v) is 10.8. The molecule has 7 heteroatoms. The van der Waals surface area contributed by atoms with Gasteiger partial charge in [-0.2, -0.15) is 4.31 Å². The minimum absolute atomic E-state index is 0.0691. The molecule has 1 saturated carbocycles. The molecule has 0 radical (unpaired) electrons. The van der Waals surface area contributed by atoms with Gasteiger partial charge in [-0.25, -0.2) is 8.42 Å². The van der Waals surface area contributed by atoms with Crippen LogP contribution in [-0.4, -0.2) is 57.4 Å². The lowest BCUT2D eigenvalue weighted by Gasteiger charge is -2.30. The molecule has 2 fully saturated rings. The molecule has 1 aliphatic carbocycles. The normalized spacial score (nSPS) is 21.0. The molecular weight excluding hydrogens is 350 g/mol. The molecule has 1 heterocycles. The van der Waals surface area contributed by atoms with Crippen LogP contribution in [0.1, 0.15) is 25.3 Å². The van der Waals surface area contributed by atoms with E-state index in [0.29, 0.717) is 38.6 Å². The van der Waals surface area contributed by atoms with E-state index in [1.165, 1.54) is 22.6 Å². The quantitative estimate of drug-likeness (QED) is 0.707. The summed E-state index contributed by atoms with van der Waals surface area (Å²) in [6.07, 6.45) is 4.05. The number of carbonyl (C=O) groups excluding carboxylic acids is 1. The maximum atomic E-state index is 12.5. The van der Waals surface area contributed by atoms with Crippen molar-refractivity contribution < 1.29 is 18.1 Å². The molecule has 1 saturated heterocycles. The fourth-order valence-electron chi connectivity index (χ4n) is 3.29. The van der Waals surface area contributed by atoms with Crippen molar-refractivity contribution in [1.29, 1.82) is 0 Å². The monoisotopic (exact) mass is 378 g/mol. The second-order valence-electron chi connectivity index (χ2n) is 7.28. The van der Waals surface area contributed by atoms with Crippen LogP contribution in [0.15, 0.2) is 35.7 Å². The summed E-state index contributed by atoms with van der Waals surface area (Å²) in [6.45, 7) is 4.69. The van der Waals surface area contributed by atoms with Gasteiger partial charge in [0.1, 0.15) is 0 Å². The summed E-state index contributed by atoms with van der Waals surface area (Å²) in [5.41, 5.74) is 0.863. The average molecular weight is 379 g/mol. The minimum atomic E-state index is -3.42. The molecule has 3 rings (SSSR count). The highest BCUT2D eigenvalue weighted by Crippen LogP contribution is 2.32. The summed E-state index contributed by atoms with van der Waals surface area (Å²) in [5, 5.41) is 4.34. The molecule has 0 aromatic heterocycles. The van der Waals surface area contributed by atoms with Gasteiger partial charge in [0.05, 0.1) is 26.2 Å². The predicted molar refractivity (Wildman–Crippen MR) is 102 cm³/mol. The van der Waals surface area contributed by atoms with E-state index in [1.807, 2.05) is 30.3 Å². The van der Waals surface area contributed by atoms with Crippen molar-refractivity contribution in [2.24, 2.45) is 5.92 Å². The second kappa shape index (κ2) is 8.33. The zero-order valence-electron chi connectivity index (χ0n) is 15.2. The second-order valence-corrected chi connectivity index (χ2v) is 9.10. The van der Waals surface area contributed by atoms with E-state index >= 15 is 0 Å². The van der Waals surface area contributed by atoms with E-state index in [2.05, 4.69) is 12.2 Å². The smallest absolute Gasteiger partial charge is 0.275 e. The largest absolute Gasteiger partial charge is 0.348 e. The average Bonchev–Trinajstić information content (AvgIpc) is 3.46. The number of hydrogen-bond acceptors (Lipinski definition) is 3. The van der Waals surface area contributed by atoms with Gasteiger partial charge in [-0.3, -0.25) is 4.79 Å². The molecule has 0 unspecified atom stereocenters. The lowest BCUT2D eigenvalue weighted by Crippen LogP contribution is -3.15. The molecule has 0 bridgehead atoms. The highest BCUT2D eigenvalue weighted by atomic mass is 32.2. The molecule has 1 aromatic rings. The van der Waals surface area contributed by atoms with Crippen LogP contribution in [0.4, 0.5) is 0 Å². The predicted octanol–water partition coefficient (Wildman–Crippen LogP) is 0.102. The van der Waals surface area contributed by atoms with E-state index in [4.69, 9.17) is 0 Å². The molecule has 142 valence electrons. The molecule has 1 aliphatic heterocycles. The summed E-state index contributed by atoms with van der Waals surface area (Å²) in [5.74, 6) is 0.715. The van der Waals surface area contributed by atoms with Crippen LogP contribution in [-0.2, 0) is 14.8 Å². The van der Waals surface area contributed by atoms with Crippen molar-refractivity contribution in [3.63, 3.8) is 0 Å². The standard InChI is InChI=1S/C19H27N3O3S/c1-16(18-7-8-18)20-19(23)15-21-10-12-22(13-11-21)26(24,25)14-9-17-5-3-2-4-6-17/h2-6,9,14,16,18H,7-8,10-13,15H2,1H3,(H,20,23)/p+1/b14-9+/t16-/m1/s1. The Morgan fingerprint density at radius 3 is 2.54 bits per heavy atom. The van der Waals surface area contributed by atoms with Crippen LogP contribution in [0.5, 0.6) is 0 Å². The molecule has 2 N–H and O–H groups in total. The van der Waals surface area contributed by atoms with E-state index in [0.717, 1.165) is 10.5 Å². The zero-order valence-corrected chi connectivity index (χ0v) is 16.0. The van der Waals surface area contributed by atoms with Crippen molar-refractivity contribution in [1.82, 2.24) is 9.62 Å². The number of hydrogen-bond donors (Lipinski definition) is 2. The van der Waals surface area contributed by atoms with Crippen molar-refractivity contribution in [3.05, 3.63) is 41.3 Å². The fourth-order valence-corrected chi connectivity index (χ4v) is 4.49. The van der Waals surface area contributed by atoms with Gasteiger partial charge in [0.2, 0.25) is 10.0 Å². The maximum Gasteiger partial charge on any atom is 0.275 e. The van der Waals surface area contributed by atoms with Crippen LogP contribution in [0.2, 0.25) is 0 Å². The Labute approximate surface area is 155 Å². The Morgan fingerprint density at radius 1 is 1.27 bits per heavy atom. The summed E-state index contributed by atoms with van der Waals surface area (Å²) in [4.78, 5) is 13.3. The third kappa shape index (κ3) is 5.40. The number of piperazine rings is 1. The van der Waals surface area contributed by atoms with Crippen molar-refractivity contribution in [3.8, 4) is 0 Å². The van der Waals surface area contributed by atoms with Crippen LogP contribution in [0.25, 0.3) is 6.08 Å². The molecule has 0 spiro atoms. The first kappa shape index (κ1) is 19.1. The first-order valence-electron chi connectivity index (χ1n) is 9.30. The number of nitrogens with zero attached hydrogens (tertiary/aromatic N) is 1. The number of sulfonamides is 1. The Balaban J connectivity index is 1.46. The summed E-state index contributed by atoms with van der Waals surface area (Å²) < 4.78 is 26.4. The number of quaternary nitrogens is 1. The minimum Gasteiger partial charge on any atom is -0.348 e. The Morgan fingerprint density at radius 2 is 1.92 bits per heavy atom. The van der Waals surface area contributed by atoms with Crippen molar-refractivity contribution in [2.75, 3.05) is 32.7 Å². The molecular formula is C19H28N3O3S+. The Hall–Kier alpha value is -1.70. The fraction of sp³-hybridized carbons (Fsp3) is 0.526. The number of carbonyl (C=O) groups is 1. The third-order valence-corrected chi connectivity index (χ3v) is 6.71. The topological polar surface area (TPSA) is 70.9 Å². The molecule has 2 aliphatic rings. The number of nitrogens with one attached hydrogen (secondary N) is 2. The van der Waals surface area contributed by atoms with Crippen molar-refractivity contribution >= 4 is 22.0 Å². The SMILES string of the molecule is C[C@@H](NC(=O)C[NH+]1CCN(S(=O)(=O)/C=C/c2ccccc2)CC1)C1CC1. The van der Waals surface area contributed by atoms with Crippen LogP contribution in [0, 0.1) is 5.92 Å². The van der Waals surface area contributed by atoms with E-state index in [1.54, 1.807) is 6.08 Å². The summed E-state index contributed by atoms with van der Waals surface area (Å²) in [7, 11) is -3.42. The van der Waals surface area contributed by atoms with Crippen LogP contribution < -0.4 is 10.2 Å². The highest BCUT2D eigenvalue weighted by molar-refractivity contribution is 7.92. The number of amides is 1. The number of benzene rings is 1. The van der Waals surface area contributed by atoms with Crippen LogP contribution >= 0.6 is 0 Å². The summed E-state index contributed by atoms with van der Waals surface area (Å²) >= 11 is 0. The molecule has 1 atom stereocenters. The van der Waals surface area contributed by atoms with Gasteiger partial charge in [0.25, 0.3) is 5.91 Å². The Bertz CT molecular complexity index is 737. The first-order chi connectivity index (χ1) is 12.4. The van der Waals surface area contributed by atoms with Gasteiger partial charge in [-0.15, -0.1) is 0 Å². The molecule has 1 aromatic carbocycles. The van der Waals surface area contributed by atoms with Gasteiger partial charge >= 0.3 is 0 Å². The van der Waals surface area contributed by atoms with E-state index in [-0.39, 0.29) is 11.9 Å². The van der Waals surface area contributed by atoms with E-state index < -0.39 is 10.0 Å². The van der Waals surface area contributed by atoms with E-state index in [9.17, 15) is 13.2 Å². The molecule has 6 nitrogen and oxygen atoms in total. The number of rotatable bonds is 7. The van der Waals surface area contributed by atoms with Gasteiger partial charge in [0, 0.05) is 11.4 Å². The van der Waals surface area contributed by atoms with Crippen LogP contribution in [0.3, 0.4) is 0 Å². The third-order valence-electron chi connectivity index (χ3n) is 5.15.